The van der Waals surface area contributed by atoms with Gasteiger partial charge in [0.15, 0.2) is 0 Å². The lowest BCUT2D eigenvalue weighted by Crippen LogP contribution is -2.22. The van der Waals surface area contributed by atoms with E-state index in [9.17, 15) is 13.6 Å². The molecule has 1 amide bonds. The molecular weight excluding hydrogens is 352 g/mol. The molecule has 0 saturated heterocycles. The summed E-state index contributed by atoms with van der Waals surface area (Å²) in [6.45, 7) is -1.28. The van der Waals surface area contributed by atoms with Crippen molar-refractivity contribution in [1.82, 2.24) is 20.2 Å². The second-order valence-corrected chi connectivity index (χ2v) is 6.07. The first kappa shape index (κ1) is 17.4. The summed E-state index contributed by atoms with van der Waals surface area (Å²) in [4.78, 5) is 12.1. The summed E-state index contributed by atoms with van der Waals surface area (Å²) < 4.78 is 30.0. The first-order valence-corrected chi connectivity index (χ1v) is 7.57. The van der Waals surface area contributed by atoms with Crippen molar-refractivity contribution in [2.24, 2.45) is 7.05 Å². The normalized spacial score (nSPS) is 12.3. The first-order valence-electron chi connectivity index (χ1n) is 6.31. The quantitative estimate of drug-likeness (QED) is 0.794. The van der Waals surface area contributed by atoms with Crippen molar-refractivity contribution in [2.75, 3.05) is 5.32 Å². The van der Waals surface area contributed by atoms with Crippen LogP contribution < -0.4 is 10.1 Å². The number of benzene rings is 1. The molecule has 0 aliphatic carbocycles. The molecule has 0 fully saturated rings. The van der Waals surface area contributed by atoms with E-state index in [0.717, 1.165) is 0 Å². The maximum absolute atomic E-state index is 12.2. The van der Waals surface area contributed by atoms with Gasteiger partial charge in [-0.2, -0.15) is 8.78 Å². The minimum Gasteiger partial charge on any atom is -0.433 e. The number of halogens is 3. The van der Waals surface area contributed by atoms with Gasteiger partial charge in [0.1, 0.15) is 5.75 Å². The van der Waals surface area contributed by atoms with E-state index in [4.69, 9.17) is 11.6 Å². The van der Waals surface area contributed by atoms with E-state index >= 15 is 0 Å². The number of nitrogens with one attached hydrogen (secondary N) is 1. The molecule has 0 radical (unpaired) electrons. The van der Waals surface area contributed by atoms with E-state index in [1.165, 1.54) is 34.6 Å². The van der Waals surface area contributed by atoms with Gasteiger partial charge in [-0.1, -0.05) is 23.4 Å². The van der Waals surface area contributed by atoms with E-state index in [1.807, 2.05) is 0 Å². The van der Waals surface area contributed by atoms with Gasteiger partial charge < -0.3 is 10.1 Å². The zero-order valence-corrected chi connectivity index (χ0v) is 13.6. The molecule has 124 valence electrons. The van der Waals surface area contributed by atoms with Gasteiger partial charge in [-0.05, 0) is 35.5 Å². The zero-order valence-electron chi connectivity index (χ0n) is 12.0. The van der Waals surface area contributed by atoms with E-state index in [0.29, 0.717) is 10.8 Å². The SMILES string of the molecule is C[C@@H](Sc1nnnn1C)C(=O)Nc1ccc(OC(F)F)c(Cl)c1. The number of aromatic nitrogens is 4. The number of ether oxygens (including phenoxy) is 1. The third kappa shape index (κ3) is 4.76. The Morgan fingerprint density at radius 1 is 1.48 bits per heavy atom. The van der Waals surface area contributed by atoms with E-state index in [2.05, 4.69) is 25.6 Å². The number of carbonyl (C=O) groups excluding carboxylic acids is 1. The fourth-order valence-electron chi connectivity index (χ4n) is 1.55. The molecule has 2 rings (SSSR count). The summed E-state index contributed by atoms with van der Waals surface area (Å²) in [6.07, 6.45) is 0. The Kier molecular flexibility index (Phi) is 5.72. The Balaban J connectivity index is 1.99. The van der Waals surface area contributed by atoms with Crippen molar-refractivity contribution in [3.63, 3.8) is 0 Å². The molecule has 0 unspecified atom stereocenters. The Labute approximate surface area is 139 Å². The lowest BCUT2D eigenvalue weighted by Gasteiger charge is -2.12. The van der Waals surface area contributed by atoms with Crippen LogP contribution in [0, 0.1) is 0 Å². The summed E-state index contributed by atoms with van der Waals surface area (Å²) in [5, 5.41) is 13.5. The molecule has 1 aromatic heterocycles. The van der Waals surface area contributed by atoms with Gasteiger partial charge in [0.25, 0.3) is 0 Å². The van der Waals surface area contributed by atoms with E-state index in [-0.39, 0.29) is 16.7 Å². The second kappa shape index (κ2) is 7.55. The molecule has 0 aliphatic heterocycles. The zero-order chi connectivity index (χ0) is 17.0. The molecule has 11 heteroatoms. The molecule has 2 aromatic rings. The average molecular weight is 364 g/mol. The van der Waals surface area contributed by atoms with Crippen molar-refractivity contribution in [1.29, 1.82) is 0 Å². The smallest absolute Gasteiger partial charge is 0.387 e. The van der Waals surface area contributed by atoms with Crippen molar-refractivity contribution in [3.05, 3.63) is 23.2 Å². The number of hydrogen-bond acceptors (Lipinski definition) is 6. The largest absolute Gasteiger partial charge is 0.433 e. The van der Waals surface area contributed by atoms with Crippen LogP contribution in [-0.4, -0.2) is 38.0 Å². The van der Waals surface area contributed by atoms with Crippen LogP contribution in [0.1, 0.15) is 6.92 Å². The number of anilines is 1. The maximum Gasteiger partial charge on any atom is 0.387 e. The van der Waals surface area contributed by atoms with Crippen LogP contribution in [0.25, 0.3) is 0 Å². The van der Waals surface area contributed by atoms with Gasteiger partial charge >= 0.3 is 6.61 Å². The topological polar surface area (TPSA) is 81.9 Å². The lowest BCUT2D eigenvalue weighted by molar-refractivity contribution is -0.115. The number of rotatable bonds is 6. The van der Waals surface area contributed by atoms with Gasteiger partial charge in [0, 0.05) is 12.7 Å². The summed E-state index contributed by atoms with van der Waals surface area (Å²) in [5.74, 6) is -0.469. The van der Waals surface area contributed by atoms with E-state index in [1.54, 1.807) is 14.0 Å². The molecule has 0 saturated carbocycles. The number of carbonyl (C=O) groups is 1. The number of hydrogen-bond donors (Lipinski definition) is 1. The fraction of sp³-hybridized carbons (Fsp3) is 0.333. The second-order valence-electron chi connectivity index (χ2n) is 4.36. The van der Waals surface area contributed by atoms with Crippen molar-refractivity contribution < 1.29 is 18.3 Å². The van der Waals surface area contributed by atoms with Crippen molar-refractivity contribution >= 4 is 35.0 Å². The number of alkyl halides is 2. The summed E-state index contributed by atoms with van der Waals surface area (Å²) in [7, 11) is 1.66. The number of tetrazole rings is 1. The number of amides is 1. The van der Waals surface area contributed by atoms with Crippen molar-refractivity contribution in [2.45, 2.75) is 23.9 Å². The lowest BCUT2D eigenvalue weighted by atomic mass is 10.3. The summed E-state index contributed by atoms with van der Waals surface area (Å²) in [5.41, 5.74) is 0.366. The predicted octanol–water partition coefficient (Wildman–Crippen LogP) is 2.58. The van der Waals surface area contributed by atoms with Crippen LogP contribution in [0.2, 0.25) is 5.02 Å². The van der Waals surface area contributed by atoms with Crippen LogP contribution >= 0.6 is 23.4 Å². The molecule has 1 N–H and O–H groups in total. The Hall–Kier alpha value is -1.94. The van der Waals surface area contributed by atoms with Gasteiger partial charge in [-0.3, -0.25) is 4.79 Å². The van der Waals surface area contributed by atoms with Crippen molar-refractivity contribution in [3.8, 4) is 5.75 Å². The average Bonchev–Trinajstić information content (AvgIpc) is 2.87. The molecule has 1 aromatic carbocycles. The molecule has 0 aliphatic rings. The Bertz CT molecular complexity index is 700. The molecule has 1 heterocycles. The van der Waals surface area contributed by atoms with Crippen LogP contribution in [0.15, 0.2) is 23.4 Å². The highest BCUT2D eigenvalue weighted by molar-refractivity contribution is 8.00. The number of thioether (sulfide) groups is 1. The third-order valence-electron chi connectivity index (χ3n) is 2.65. The summed E-state index contributed by atoms with van der Waals surface area (Å²) in [6, 6.07) is 4.01. The number of aryl methyl sites for hydroxylation is 1. The Morgan fingerprint density at radius 3 is 2.78 bits per heavy atom. The highest BCUT2D eigenvalue weighted by Gasteiger charge is 2.18. The minimum atomic E-state index is -2.97. The van der Waals surface area contributed by atoms with Gasteiger partial charge in [-0.15, -0.1) is 5.10 Å². The van der Waals surface area contributed by atoms with Gasteiger partial charge in [0.05, 0.1) is 10.3 Å². The van der Waals surface area contributed by atoms with Crippen LogP contribution in [-0.2, 0) is 11.8 Å². The molecular formula is C12H12ClF2N5O2S. The highest BCUT2D eigenvalue weighted by atomic mass is 35.5. The molecule has 1 atom stereocenters. The fourth-order valence-corrected chi connectivity index (χ4v) is 2.53. The maximum atomic E-state index is 12.2. The summed E-state index contributed by atoms with van der Waals surface area (Å²) >= 11 is 7.01. The molecule has 0 bridgehead atoms. The minimum absolute atomic E-state index is 0.0269. The Morgan fingerprint density at radius 2 is 2.22 bits per heavy atom. The third-order valence-corrected chi connectivity index (χ3v) is 4.07. The first-order chi connectivity index (χ1) is 10.9. The predicted molar refractivity (Wildman–Crippen MR) is 80.8 cm³/mol. The highest BCUT2D eigenvalue weighted by Crippen LogP contribution is 2.29. The standard InChI is InChI=1S/C12H12ClF2N5O2S/c1-6(23-12-17-18-19-20(12)2)10(21)16-7-3-4-9(8(13)5-7)22-11(14)15/h3-6,11H,1-2H3,(H,16,21)/t6-/m1/s1. The molecule has 7 nitrogen and oxygen atoms in total. The molecule has 0 spiro atoms. The number of nitrogens with zero attached hydrogens (tertiary/aromatic N) is 4. The van der Waals surface area contributed by atoms with Gasteiger partial charge in [0.2, 0.25) is 11.1 Å². The monoisotopic (exact) mass is 363 g/mol. The molecule has 23 heavy (non-hydrogen) atoms. The van der Waals surface area contributed by atoms with Gasteiger partial charge in [-0.25, -0.2) is 4.68 Å². The van der Waals surface area contributed by atoms with Crippen LogP contribution in [0.5, 0.6) is 5.75 Å². The van der Waals surface area contributed by atoms with E-state index < -0.39 is 11.9 Å². The van der Waals surface area contributed by atoms with Crippen LogP contribution in [0.3, 0.4) is 0 Å². The van der Waals surface area contributed by atoms with Crippen LogP contribution in [0.4, 0.5) is 14.5 Å².